The molecule has 1 atom stereocenters. The Morgan fingerprint density at radius 2 is 2.20 bits per heavy atom. The van der Waals surface area contributed by atoms with Crippen LogP contribution in [-0.4, -0.2) is 52.3 Å². The van der Waals surface area contributed by atoms with Crippen molar-refractivity contribution >= 4 is 40.0 Å². The van der Waals surface area contributed by atoms with Crippen molar-refractivity contribution in [1.29, 1.82) is 0 Å². The van der Waals surface area contributed by atoms with Gasteiger partial charge >= 0.3 is 0 Å². The minimum Gasteiger partial charge on any atom is -0.376 e. The number of hydrogen-bond acceptors (Lipinski definition) is 3. The highest BCUT2D eigenvalue weighted by Gasteiger charge is 2.25. The minimum absolute atomic E-state index is 0.317. The number of benzene rings is 1. The molecule has 0 aliphatic carbocycles. The molecule has 0 spiro atoms. The third-order valence-corrected chi connectivity index (χ3v) is 5.77. The van der Waals surface area contributed by atoms with Gasteiger partial charge in [-0.2, -0.15) is 0 Å². The molecule has 2 N–H and O–H groups in total. The van der Waals surface area contributed by atoms with Crippen LogP contribution < -0.4 is 5.32 Å². The van der Waals surface area contributed by atoms with Gasteiger partial charge in [0.05, 0.1) is 17.1 Å². The molecule has 3 heterocycles. The molecule has 0 amide bonds. The van der Waals surface area contributed by atoms with Gasteiger partial charge in [-0.05, 0) is 56.1 Å². The molecule has 1 unspecified atom stereocenters. The largest absolute Gasteiger partial charge is 0.376 e. The third kappa shape index (κ3) is 3.91. The molecule has 25 heavy (non-hydrogen) atoms. The second-order valence-electron chi connectivity index (χ2n) is 6.87. The monoisotopic (exact) mass is 378 g/mol. The SMILES string of the molecule is S=C(NCC1CCCO1)N1CCC(c2nc3ccc(Cl)cc3[nH]2)CC1. The normalized spacial score (nSPS) is 21.8. The summed E-state index contributed by atoms with van der Waals surface area (Å²) in [5.41, 5.74) is 1.99. The topological polar surface area (TPSA) is 53.2 Å². The van der Waals surface area contributed by atoms with Crippen LogP contribution in [0.4, 0.5) is 0 Å². The van der Waals surface area contributed by atoms with Crippen molar-refractivity contribution in [3.05, 3.63) is 29.0 Å². The first-order chi connectivity index (χ1) is 12.2. The predicted octanol–water partition coefficient (Wildman–Crippen LogP) is 3.45. The number of fused-ring (bicyclic) bond motifs is 1. The van der Waals surface area contributed by atoms with E-state index in [2.05, 4.69) is 15.2 Å². The number of aromatic amines is 1. The Balaban J connectivity index is 1.31. The molecule has 0 saturated carbocycles. The van der Waals surface area contributed by atoms with Gasteiger partial charge in [-0.25, -0.2) is 4.98 Å². The van der Waals surface area contributed by atoms with Gasteiger partial charge in [0.1, 0.15) is 5.82 Å². The smallest absolute Gasteiger partial charge is 0.169 e. The number of hydrogen-bond donors (Lipinski definition) is 2. The molecule has 7 heteroatoms. The summed E-state index contributed by atoms with van der Waals surface area (Å²) < 4.78 is 5.64. The molecule has 134 valence electrons. The van der Waals surface area contributed by atoms with E-state index in [1.165, 1.54) is 0 Å². The number of halogens is 1. The Bertz CT molecular complexity index is 751. The summed E-state index contributed by atoms with van der Waals surface area (Å²) in [6, 6.07) is 5.79. The summed E-state index contributed by atoms with van der Waals surface area (Å²) in [5.74, 6) is 1.51. The van der Waals surface area contributed by atoms with Crippen LogP contribution >= 0.6 is 23.8 Å². The number of nitrogens with one attached hydrogen (secondary N) is 2. The first-order valence-electron chi connectivity index (χ1n) is 8.98. The molecule has 0 bridgehead atoms. The van der Waals surface area contributed by atoms with E-state index in [-0.39, 0.29) is 0 Å². The van der Waals surface area contributed by atoms with Gasteiger partial charge in [0.15, 0.2) is 5.11 Å². The maximum atomic E-state index is 6.06. The van der Waals surface area contributed by atoms with Crippen LogP contribution in [0.15, 0.2) is 18.2 Å². The molecule has 5 nitrogen and oxygen atoms in total. The molecule has 1 aromatic carbocycles. The van der Waals surface area contributed by atoms with Crippen molar-refractivity contribution in [3.63, 3.8) is 0 Å². The molecular formula is C18H23ClN4OS. The third-order valence-electron chi connectivity index (χ3n) is 5.14. The number of aromatic nitrogens is 2. The highest BCUT2D eigenvalue weighted by molar-refractivity contribution is 7.80. The average Bonchev–Trinajstić information content (AvgIpc) is 3.29. The molecule has 1 aromatic heterocycles. The Morgan fingerprint density at radius 3 is 2.96 bits per heavy atom. The Hall–Kier alpha value is -1.37. The van der Waals surface area contributed by atoms with Crippen molar-refractivity contribution in [2.45, 2.75) is 37.7 Å². The summed E-state index contributed by atoms with van der Waals surface area (Å²) in [6.45, 7) is 3.62. The lowest BCUT2D eigenvalue weighted by Gasteiger charge is -2.33. The summed E-state index contributed by atoms with van der Waals surface area (Å²) >= 11 is 11.6. The highest BCUT2D eigenvalue weighted by Crippen LogP contribution is 2.28. The van der Waals surface area contributed by atoms with Gasteiger partial charge in [0.25, 0.3) is 0 Å². The van der Waals surface area contributed by atoms with Crippen LogP contribution in [0.25, 0.3) is 11.0 Å². The second kappa shape index (κ2) is 7.48. The quantitative estimate of drug-likeness (QED) is 0.801. The van der Waals surface area contributed by atoms with E-state index in [4.69, 9.17) is 33.5 Å². The van der Waals surface area contributed by atoms with Crippen LogP contribution in [0, 0.1) is 0 Å². The number of thiocarbonyl (C=S) groups is 1. The number of nitrogens with zero attached hydrogens (tertiary/aromatic N) is 2. The zero-order valence-corrected chi connectivity index (χ0v) is 15.7. The van der Waals surface area contributed by atoms with E-state index in [1.54, 1.807) is 0 Å². The molecular weight excluding hydrogens is 356 g/mol. The number of rotatable bonds is 3. The van der Waals surface area contributed by atoms with Crippen LogP contribution in [0.3, 0.4) is 0 Å². The van der Waals surface area contributed by atoms with Gasteiger partial charge in [-0.15, -0.1) is 0 Å². The van der Waals surface area contributed by atoms with Crippen molar-refractivity contribution in [2.24, 2.45) is 0 Å². The summed E-state index contributed by atoms with van der Waals surface area (Å²) in [5, 5.41) is 4.96. The van der Waals surface area contributed by atoms with Gasteiger partial charge in [0, 0.05) is 37.2 Å². The fourth-order valence-corrected chi connectivity index (χ4v) is 4.11. The van der Waals surface area contributed by atoms with Crippen LogP contribution in [0.1, 0.15) is 37.4 Å². The molecule has 2 fully saturated rings. The molecule has 2 aliphatic rings. The van der Waals surface area contributed by atoms with Gasteiger partial charge in [0.2, 0.25) is 0 Å². The first-order valence-corrected chi connectivity index (χ1v) is 9.77. The number of piperidine rings is 1. The van der Waals surface area contributed by atoms with E-state index in [0.29, 0.717) is 12.0 Å². The first kappa shape index (κ1) is 17.1. The molecule has 2 saturated heterocycles. The number of H-pyrrole nitrogens is 1. The Labute approximate surface area is 158 Å². The van der Waals surface area contributed by atoms with Crippen molar-refractivity contribution in [3.8, 4) is 0 Å². The van der Waals surface area contributed by atoms with Crippen molar-refractivity contribution in [1.82, 2.24) is 20.2 Å². The lowest BCUT2D eigenvalue weighted by atomic mass is 9.96. The predicted molar refractivity (Wildman–Crippen MR) is 104 cm³/mol. The van der Waals surface area contributed by atoms with Crippen molar-refractivity contribution < 1.29 is 4.74 Å². The molecule has 2 aromatic rings. The molecule has 4 rings (SSSR count). The van der Waals surface area contributed by atoms with Crippen LogP contribution in [0.5, 0.6) is 0 Å². The molecule has 0 radical (unpaired) electrons. The summed E-state index contributed by atoms with van der Waals surface area (Å²) in [6.07, 6.45) is 4.71. The number of ether oxygens (including phenoxy) is 1. The Morgan fingerprint density at radius 1 is 1.36 bits per heavy atom. The fraction of sp³-hybridized carbons (Fsp3) is 0.556. The van der Waals surface area contributed by atoms with Gasteiger partial charge in [-0.3, -0.25) is 0 Å². The lowest BCUT2D eigenvalue weighted by molar-refractivity contribution is 0.113. The summed E-state index contributed by atoms with van der Waals surface area (Å²) in [4.78, 5) is 10.4. The highest BCUT2D eigenvalue weighted by atomic mass is 35.5. The molecule has 2 aliphatic heterocycles. The zero-order valence-electron chi connectivity index (χ0n) is 14.1. The minimum atomic E-state index is 0.317. The van der Waals surface area contributed by atoms with E-state index >= 15 is 0 Å². The van der Waals surface area contributed by atoms with Crippen LogP contribution in [-0.2, 0) is 4.74 Å². The van der Waals surface area contributed by atoms with E-state index in [9.17, 15) is 0 Å². The zero-order chi connectivity index (χ0) is 17.2. The number of imidazole rings is 1. The van der Waals surface area contributed by atoms with Gasteiger partial charge < -0.3 is 19.9 Å². The fourth-order valence-electron chi connectivity index (χ4n) is 3.67. The standard InChI is InChI=1S/C18H23ClN4OS/c19-13-3-4-15-16(10-13)22-17(21-15)12-5-7-23(8-6-12)18(25)20-11-14-2-1-9-24-14/h3-4,10,12,14H,1-2,5-9,11H2,(H,20,25)(H,21,22). The van der Waals surface area contributed by atoms with E-state index < -0.39 is 0 Å². The van der Waals surface area contributed by atoms with E-state index in [1.807, 2.05) is 18.2 Å². The second-order valence-corrected chi connectivity index (χ2v) is 7.69. The number of likely N-dealkylation sites (tertiary alicyclic amines) is 1. The maximum absolute atomic E-state index is 6.06. The van der Waals surface area contributed by atoms with E-state index in [0.717, 1.165) is 78.9 Å². The average molecular weight is 379 g/mol. The summed E-state index contributed by atoms with van der Waals surface area (Å²) in [7, 11) is 0. The van der Waals surface area contributed by atoms with Gasteiger partial charge in [-0.1, -0.05) is 11.6 Å². The van der Waals surface area contributed by atoms with Crippen molar-refractivity contribution in [2.75, 3.05) is 26.2 Å². The maximum Gasteiger partial charge on any atom is 0.169 e. The lowest BCUT2D eigenvalue weighted by Crippen LogP contribution is -2.45. The Kier molecular flexibility index (Phi) is 5.10. The van der Waals surface area contributed by atoms with Crippen LogP contribution in [0.2, 0.25) is 5.02 Å².